The topological polar surface area (TPSA) is 59.5 Å². The highest BCUT2D eigenvalue weighted by Gasteiger charge is 2.25. The van der Waals surface area contributed by atoms with E-state index < -0.39 is 0 Å². The lowest BCUT2D eigenvalue weighted by atomic mass is 10.1. The van der Waals surface area contributed by atoms with Gasteiger partial charge in [-0.1, -0.05) is 12.5 Å². The fourth-order valence-corrected chi connectivity index (χ4v) is 4.38. The number of hydrogen-bond acceptors (Lipinski definition) is 6. The fourth-order valence-electron chi connectivity index (χ4n) is 4.01. The molecule has 0 saturated carbocycles. The molecule has 1 N–H and O–H groups in total. The number of piperidine rings is 1. The number of hydrogen-bond donors (Lipinski definition) is 1. The summed E-state index contributed by atoms with van der Waals surface area (Å²) in [5.41, 5.74) is 1.04. The molecule has 0 radical (unpaired) electrons. The van der Waals surface area contributed by atoms with E-state index in [1.807, 2.05) is 12.1 Å². The van der Waals surface area contributed by atoms with Crippen LogP contribution in [0.4, 0.5) is 15.9 Å². The van der Waals surface area contributed by atoms with Crippen molar-refractivity contribution in [1.29, 1.82) is 0 Å². The molecule has 5 rings (SSSR count). The molecule has 156 valence electrons. The highest BCUT2D eigenvalue weighted by molar-refractivity contribution is 9.10. The number of nitrogens with zero attached hydrogens (tertiary/aromatic N) is 3. The van der Waals surface area contributed by atoms with Gasteiger partial charge in [-0.2, -0.15) is 0 Å². The monoisotopic (exact) mass is 472 g/mol. The van der Waals surface area contributed by atoms with Crippen molar-refractivity contribution in [2.45, 2.75) is 25.4 Å². The van der Waals surface area contributed by atoms with Crippen molar-refractivity contribution >= 4 is 38.3 Å². The summed E-state index contributed by atoms with van der Waals surface area (Å²) in [6, 6.07) is 8.82. The maximum Gasteiger partial charge on any atom is 0.163 e. The quantitative estimate of drug-likeness (QED) is 0.582. The van der Waals surface area contributed by atoms with Crippen molar-refractivity contribution in [3.05, 3.63) is 46.9 Å². The van der Waals surface area contributed by atoms with Gasteiger partial charge < -0.3 is 14.8 Å². The molecule has 8 heteroatoms. The second kappa shape index (κ2) is 8.35. The Bertz CT molecular complexity index is 1070. The zero-order valence-electron chi connectivity index (χ0n) is 16.4. The molecule has 0 aliphatic carbocycles. The number of aromatic nitrogens is 2. The summed E-state index contributed by atoms with van der Waals surface area (Å²) in [5.74, 6) is 1.49. The van der Waals surface area contributed by atoms with Crippen LogP contribution in [-0.4, -0.2) is 47.2 Å². The van der Waals surface area contributed by atoms with E-state index >= 15 is 0 Å². The van der Waals surface area contributed by atoms with Crippen LogP contribution in [0.3, 0.4) is 0 Å². The van der Waals surface area contributed by atoms with Crippen LogP contribution in [0.5, 0.6) is 11.5 Å². The Morgan fingerprint density at radius 1 is 1.13 bits per heavy atom. The van der Waals surface area contributed by atoms with Crippen molar-refractivity contribution in [2.24, 2.45) is 0 Å². The van der Waals surface area contributed by atoms with Crippen molar-refractivity contribution in [2.75, 3.05) is 31.6 Å². The van der Waals surface area contributed by atoms with E-state index in [1.54, 1.807) is 18.2 Å². The van der Waals surface area contributed by atoms with Crippen LogP contribution in [0.25, 0.3) is 10.9 Å². The van der Waals surface area contributed by atoms with Gasteiger partial charge in [0.1, 0.15) is 24.9 Å². The molecule has 1 atom stereocenters. The van der Waals surface area contributed by atoms with E-state index in [2.05, 4.69) is 36.1 Å². The van der Waals surface area contributed by atoms with Crippen molar-refractivity contribution in [1.82, 2.24) is 14.9 Å². The number of benzene rings is 2. The van der Waals surface area contributed by atoms with Gasteiger partial charge in [-0.25, -0.2) is 14.4 Å². The number of likely N-dealkylation sites (tertiary alicyclic amines) is 1. The Labute approximate surface area is 182 Å². The molecule has 2 aromatic carbocycles. The van der Waals surface area contributed by atoms with Crippen LogP contribution in [-0.2, 0) is 0 Å². The minimum atomic E-state index is -0.372. The molecule has 6 nitrogen and oxygen atoms in total. The molecule has 3 aromatic rings. The number of halogens is 2. The van der Waals surface area contributed by atoms with Crippen molar-refractivity contribution < 1.29 is 13.9 Å². The van der Waals surface area contributed by atoms with E-state index in [0.29, 0.717) is 39.6 Å². The van der Waals surface area contributed by atoms with Crippen molar-refractivity contribution in [3.8, 4) is 11.5 Å². The maximum absolute atomic E-state index is 14.4. The van der Waals surface area contributed by atoms with Gasteiger partial charge in [0.05, 0.1) is 15.7 Å². The van der Waals surface area contributed by atoms with Gasteiger partial charge in [-0.05, 0) is 60.1 Å². The molecule has 1 saturated heterocycles. The first-order valence-electron chi connectivity index (χ1n) is 10.2. The van der Waals surface area contributed by atoms with Gasteiger partial charge in [0.25, 0.3) is 0 Å². The lowest BCUT2D eigenvalue weighted by molar-refractivity contribution is 0.0535. The lowest BCUT2D eigenvalue weighted by Crippen LogP contribution is -2.42. The van der Waals surface area contributed by atoms with E-state index in [1.165, 1.54) is 25.6 Å². The molecule has 2 aliphatic rings. The van der Waals surface area contributed by atoms with Crippen LogP contribution in [0.1, 0.15) is 19.3 Å². The van der Waals surface area contributed by atoms with E-state index in [-0.39, 0.29) is 11.9 Å². The van der Waals surface area contributed by atoms with Gasteiger partial charge in [0, 0.05) is 18.0 Å². The summed E-state index contributed by atoms with van der Waals surface area (Å²) in [4.78, 5) is 11.1. The van der Waals surface area contributed by atoms with Gasteiger partial charge in [-0.15, -0.1) is 0 Å². The van der Waals surface area contributed by atoms with Crippen molar-refractivity contribution in [3.63, 3.8) is 0 Å². The number of ether oxygens (including phenoxy) is 2. The summed E-state index contributed by atoms with van der Waals surface area (Å²) >= 11 is 3.22. The zero-order chi connectivity index (χ0) is 20.5. The molecule has 1 aromatic heterocycles. The van der Waals surface area contributed by atoms with Gasteiger partial charge >= 0.3 is 0 Å². The standard InChI is InChI=1S/C22H22BrFN4O2/c23-16-5-4-6-17(21(16)24)27-22-15-9-20-19(10-18(15)25-13-26-22)29-12-14(30-20)11-28-7-2-1-3-8-28/h4-6,9-10,13-14H,1-3,7-8,11-12H2,(H,25,26,27). The first kappa shape index (κ1) is 19.5. The molecule has 3 heterocycles. The van der Waals surface area contributed by atoms with E-state index in [4.69, 9.17) is 9.47 Å². The summed E-state index contributed by atoms with van der Waals surface area (Å²) in [5, 5.41) is 3.83. The predicted molar refractivity (Wildman–Crippen MR) is 117 cm³/mol. The number of rotatable bonds is 4. The third-order valence-corrected chi connectivity index (χ3v) is 6.15. The molecular formula is C22H22BrFN4O2. The van der Waals surface area contributed by atoms with E-state index in [0.717, 1.165) is 25.0 Å². The average Bonchev–Trinajstić information content (AvgIpc) is 2.76. The molecule has 0 spiro atoms. The van der Waals surface area contributed by atoms with Gasteiger partial charge in [-0.3, -0.25) is 4.90 Å². The summed E-state index contributed by atoms with van der Waals surface area (Å²) in [7, 11) is 0. The Balaban J connectivity index is 1.42. The van der Waals surface area contributed by atoms with Gasteiger partial charge in [0.15, 0.2) is 17.3 Å². The molecular weight excluding hydrogens is 451 g/mol. The summed E-state index contributed by atoms with van der Waals surface area (Å²) in [6.07, 6.45) is 5.23. The Morgan fingerprint density at radius 3 is 2.87 bits per heavy atom. The van der Waals surface area contributed by atoms with Crippen LogP contribution in [0, 0.1) is 5.82 Å². The third-order valence-electron chi connectivity index (χ3n) is 5.53. The highest BCUT2D eigenvalue weighted by atomic mass is 79.9. The van der Waals surface area contributed by atoms with E-state index in [9.17, 15) is 4.39 Å². The second-order valence-corrected chi connectivity index (χ2v) is 8.53. The first-order valence-corrected chi connectivity index (χ1v) is 11.0. The predicted octanol–water partition coefficient (Wildman–Crippen LogP) is 4.90. The maximum atomic E-state index is 14.4. The third kappa shape index (κ3) is 3.94. The lowest BCUT2D eigenvalue weighted by Gasteiger charge is -2.33. The summed E-state index contributed by atoms with van der Waals surface area (Å²) in [6.45, 7) is 3.61. The largest absolute Gasteiger partial charge is 0.486 e. The minimum Gasteiger partial charge on any atom is -0.486 e. The molecule has 1 fully saturated rings. The summed E-state index contributed by atoms with van der Waals surface area (Å²) < 4.78 is 27.1. The number of nitrogens with one attached hydrogen (secondary N) is 1. The zero-order valence-corrected chi connectivity index (χ0v) is 18.0. The van der Waals surface area contributed by atoms with Crippen LogP contribution in [0.2, 0.25) is 0 Å². The average molecular weight is 473 g/mol. The fraction of sp³-hybridized carbons (Fsp3) is 0.364. The molecule has 1 unspecified atom stereocenters. The second-order valence-electron chi connectivity index (χ2n) is 7.68. The molecule has 0 amide bonds. The van der Waals surface area contributed by atoms with Crippen LogP contribution in [0.15, 0.2) is 41.1 Å². The number of fused-ring (bicyclic) bond motifs is 2. The first-order chi connectivity index (χ1) is 14.7. The SMILES string of the molecule is Fc1c(Br)cccc1Nc1ncnc2cc3c(cc12)OC(CN1CCCCC1)CO3. The van der Waals surface area contributed by atoms with Crippen LogP contribution >= 0.6 is 15.9 Å². The minimum absolute atomic E-state index is 0.0170. The number of anilines is 2. The smallest absolute Gasteiger partial charge is 0.163 e. The Kier molecular flexibility index (Phi) is 5.43. The molecule has 2 aliphatic heterocycles. The normalized spacial score (nSPS) is 19.1. The molecule has 0 bridgehead atoms. The van der Waals surface area contributed by atoms with Crippen LogP contribution < -0.4 is 14.8 Å². The molecule has 30 heavy (non-hydrogen) atoms. The van der Waals surface area contributed by atoms with Gasteiger partial charge in [0.2, 0.25) is 0 Å². The Hall–Kier alpha value is -2.45. The highest BCUT2D eigenvalue weighted by Crippen LogP contribution is 2.38. The Morgan fingerprint density at radius 2 is 2.00 bits per heavy atom.